The lowest BCUT2D eigenvalue weighted by atomic mass is 9.57. The van der Waals surface area contributed by atoms with Gasteiger partial charge in [0.1, 0.15) is 0 Å². The van der Waals surface area contributed by atoms with Crippen molar-refractivity contribution in [3.05, 3.63) is 35.9 Å². The zero-order chi connectivity index (χ0) is 11.5. The average Bonchev–Trinajstić information content (AvgIpc) is 2.28. The molecule has 15 heavy (non-hydrogen) atoms. The van der Waals surface area contributed by atoms with Gasteiger partial charge in [-0.15, -0.1) is 0 Å². The predicted octanol–water partition coefficient (Wildman–Crippen LogP) is 1.33. The molecule has 78 valence electrons. The van der Waals surface area contributed by atoms with Crippen LogP contribution in [0.5, 0.6) is 0 Å². The van der Waals surface area contributed by atoms with Crippen LogP contribution in [0.2, 0.25) is 5.82 Å². The molecule has 0 aliphatic rings. The molecule has 2 N–H and O–H groups in total. The minimum absolute atomic E-state index is 0.537. The van der Waals surface area contributed by atoms with Gasteiger partial charge >= 0.3 is 7.12 Å². The predicted molar refractivity (Wildman–Crippen MR) is 59.0 cm³/mol. The Hall–Kier alpha value is -1.31. The summed E-state index contributed by atoms with van der Waals surface area (Å²) in [6.45, 7) is 3.37. The number of nitriles is 1. The van der Waals surface area contributed by atoms with Gasteiger partial charge in [0.05, 0.1) is 11.5 Å². The standard InChI is InChI=1S/C11H14BNO2/c1-9(12(14)15)11(2,8-13)10-6-4-3-5-7-10/h3-7,9,14-15H,1-2H3. The lowest BCUT2D eigenvalue weighted by Gasteiger charge is -2.28. The van der Waals surface area contributed by atoms with Gasteiger partial charge in [-0.25, -0.2) is 0 Å². The van der Waals surface area contributed by atoms with Crippen LogP contribution in [0.25, 0.3) is 0 Å². The summed E-state index contributed by atoms with van der Waals surface area (Å²) in [6.07, 6.45) is 0. The van der Waals surface area contributed by atoms with Crippen LogP contribution in [-0.2, 0) is 5.41 Å². The van der Waals surface area contributed by atoms with Crippen molar-refractivity contribution in [1.82, 2.24) is 0 Å². The maximum atomic E-state index is 9.19. The van der Waals surface area contributed by atoms with Crippen LogP contribution in [0.15, 0.2) is 30.3 Å². The van der Waals surface area contributed by atoms with Crippen LogP contribution in [0, 0.1) is 11.3 Å². The second kappa shape index (κ2) is 4.48. The van der Waals surface area contributed by atoms with Gasteiger partial charge in [-0.3, -0.25) is 0 Å². The van der Waals surface area contributed by atoms with Crippen molar-refractivity contribution in [2.24, 2.45) is 0 Å². The van der Waals surface area contributed by atoms with Gasteiger partial charge in [-0.1, -0.05) is 37.3 Å². The first kappa shape index (κ1) is 11.8. The minimum Gasteiger partial charge on any atom is -0.427 e. The fourth-order valence-electron chi connectivity index (χ4n) is 1.51. The topological polar surface area (TPSA) is 64.2 Å². The molecule has 0 spiro atoms. The maximum absolute atomic E-state index is 9.19. The Balaban J connectivity index is 3.13. The Labute approximate surface area is 90.1 Å². The van der Waals surface area contributed by atoms with Crippen molar-refractivity contribution in [1.29, 1.82) is 5.26 Å². The molecule has 2 atom stereocenters. The Bertz CT molecular complexity index is 361. The van der Waals surface area contributed by atoms with E-state index < -0.39 is 18.4 Å². The van der Waals surface area contributed by atoms with Crippen molar-refractivity contribution in [2.75, 3.05) is 0 Å². The molecule has 0 saturated carbocycles. The smallest absolute Gasteiger partial charge is 0.427 e. The molecular formula is C11H14BNO2. The van der Waals surface area contributed by atoms with E-state index >= 15 is 0 Å². The van der Waals surface area contributed by atoms with Gasteiger partial charge in [0.25, 0.3) is 0 Å². The van der Waals surface area contributed by atoms with E-state index in [1.807, 2.05) is 30.3 Å². The summed E-state index contributed by atoms with van der Waals surface area (Å²) in [5.41, 5.74) is -0.0804. The molecule has 0 aliphatic carbocycles. The monoisotopic (exact) mass is 203 g/mol. The van der Waals surface area contributed by atoms with Crippen molar-refractivity contribution in [3.8, 4) is 6.07 Å². The number of nitrogens with zero attached hydrogens (tertiary/aromatic N) is 1. The van der Waals surface area contributed by atoms with Gasteiger partial charge in [0.15, 0.2) is 0 Å². The number of benzene rings is 1. The van der Waals surface area contributed by atoms with Crippen LogP contribution < -0.4 is 0 Å². The number of hydrogen-bond acceptors (Lipinski definition) is 3. The van der Waals surface area contributed by atoms with E-state index in [4.69, 9.17) is 10.0 Å². The third kappa shape index (κ3) is 2.20. The molecule has 0 bridgehead atoms. The third-order valence-electron chi connectivity index (χ3n) is 2.96. The highest BCUT2D eigenvalue weighted by molar-refractivity contribution is 6.43. The van der Waals surface area contributed by atoms with E-state index in [-0.39, 0.29) is 0 Å². The van der Waals surface area contributed by atoms with Crippen molar-refractivity contribution in [2.45, 2.75) is 25.1 Å². The van der Waals surface area contributed by atoms with Crippen LogP contribution in [-0.4, -0.2) is 17.2 Å². The van der Waals surface area contributed by atoms with E-state index in [0.717, 1.165) is 5.56 Å². The molecular weight excluding hydrogens is 189 g/mol. The normalized spacial score (nSPS) is 16.2. The molecule has 4 heteroatoms. The Morgan fingerprint density at radius 2 is 1.87 bits per heavy atom. The van der Waals surface area contributed by atoms with E-state index in [2.05, 4.69) is 6.07 Å². The molecule has 1 rings (SSSR count). The largest absolute Gasteiger partial charge is 0.456 e. The zero-order valence-electron chi connectivity index (χ0n) is 8.88. The maximum Gasteiger partial charge on any atom is 0.456 e. The lowest BCUT2D eigenvalue weighted by Crippen LogP contribution is -2.35. The molecule has 1 aromatic carbocycles. The van der Waals surface area contributed by atoms with E-state index in [1.54, 1.807) is 13.8 Å². The fraction of sp³-hybridized carbons (Fsp3) is 0.364. The molecule has 2 unspecified atom stereocenters. The minimum atomic E-state index is -1.49. The summed E-state index contributed by atoms with van der Waals surface area (Å²) in [5.74, 6) is -0.537. The number of hydrogen-bond donors (Lipinski definition) is 2. The van der Waals surface area contributed by atoms with Gasteiger partial charge < -0.3 is 10.0 Å². The second-order valence-corrected chi connectivity index (χ2v) is 3.88. The third-order valence-corrected chi connectivity index (χ3v) is 2.96. The Morgan fingerprint density at radius 3 is 2.27 bits per heavy atom. The average molecular weight is 203 g/mol. The van der Waals surface area contributed by atoms with Crippen molar-refractivity contribution in [3.63, 3.8) is 0 Å². The second-order valence-electron chi connectivity index (χ2n) is 3.88. The number of rotatable bonds is 3. The first-order valence-electron chi connectivity index (χ1n) is 4.85. The summed E-state index contributed by atoms with van der Waals surface area (Å²) in [5, 5.41) is 27.5. The first-order valence-corrected chi connectivity index (χ1v) is 4.85. The molecule has 3 nitrogen and oxygen atoms in total. The first-order chi connectivity index (χ1) is 7.02. The zero-order valence-corrected chi connectivity index (χ0v) is 8.88. The van der Waals surface area contributed by atoms with E-state index in [1.165, 1.54) is 0 Å². The van der Waals surface area contributed by atoms with Gasteiger partial charge in [0.2, 0.25) is 0 Å². The van der Waals surface area contributed by atoms with Crippen LogP contribution in [0.1, 0.15) is 19.4 Å². The quantitative estimate of drug-likeness (QED) is 0.728. The van der Waals surface area contributed by atoms with E-state index in [0.29, 0.717) is 0 Å². The molecule has 0 amide bonds. The summed E-state index contributed by atoms with van der Waals surface area (Å²) < 4.78 is 0. The van der Waals surface area contributed by atoms with Crippen molar-refractivity contribution < 1.29 is 10.0 Å². The summed E-state index contributed by atoms with van der Waals surface area (Å²) in [6, 6.07) is 11.3. The molecule has 0 aromatic heterocycles. The van der Waals surface area contributed by atoms with Gasteiger partial charge in [-0.05, 0) is 12.5 Å². The van der Waals surface area contributed by atoms with Crippen molar-refractivity contribution >= 4 is 7.12 Å². The molecule has 0 aliphatic heterocycles. The molecule has 1 aromatic rings. The van der Waals surface area contributed by atoms with Gasteiger partial charge in [0, 0.05) is 5.82 Å². The summed E-state index contributed by atoms with van der Waals surface area (Å²) >= 11 is 0. The molecule has 0 fully saturated rings. The van der Waals surface area contributed by atoms with E-state index in [9.17, 15) is 5.26 Å². The highest BCUT2D eigenvalue weighted by Gasteiger charge is 2.39. The highest BCUT2D eigenvalue weighted by Crippen LogP contribution is 2.36. The fourth-order valence-corrected chi connectivity index (χ4v) is 1.51. The highest BCUT2D eigenvalue weighted by atomic mass is 16.4. The summed E-state index contributed by atoms with van der Waals surface area (Å²) in [4.78, 5) is 0. The molecule has 0 heterocycles. The van der Waals surface area contributed by atoms with Crippen LogP contribution in [0.3, 0.4) is 0 Å². The summed E-state index contributed by atoms with van der Waals surface area (Å²) in [7, 11) is -1.49. The SMILES string of the molecule is CC(B(O)O)C(C)(C#N)c1ccccc1. The Kier molecular flexibility index (Phi) is 3.51. The lowest BCUT2D eigenvalue weighted by molar-refractivity contribution is 0.362. The van der Waals surface area contributed by atoms with Crippen LogP contribution >= 0.6 is 0 Å². The van der Waals surface area contributed by atoms with Crippen LogP contribution in [0.4, 0.5) is 0 Å². The molecule has 0 radical (unpaired) electrons. The Morgan fingerprint density at radius 1 is 1.33 bits per heavy atom. The van der Waals surface area contributed by atoms with Gasteiger partial charge in [-0.2, -0.15) is 5.26 Å². The molecule has 0 saturated heterocycles.